The van der Waals surface area contributed by atoms with E-state index in [1.165, 1.54) is 6.20 Å². The SMILES string of the molecule is CCN(c1ccccc1)c1cnc(C(=O)Nc2cc(Cl)cc(Cl)c2)cn1. The van der Waals surface area contributed by atoms with Crippen LogP contribution < -0.4 is 10.2 Å². The molecule has 0 unspecified atom stereocenters. The fourth-order valence-electron chi connectivity index (χ4n) is 2.48. The Balaban J connectivity index is 1.77. The lowest BCUT2D eigenvalue weighted by atomic mass is 10.3. The van der Waals surface area contributed by atoms with Gasteiger partial charge in [0.1, 0.15) is 5.69 Å². The van der Waals surface area contributed by atoms with Gasteiger partial charge < -0.3 is 10.2 Å². The number of nitrogens with zero attached hydrogens (tertiary/aromatic N) is 3. The molecule has 0 aliphatic carbocycles. The molecule has 0 bridgehead atoms. The lowest BCUT2D eigenvalue weighted by molar-refractivity contribution is 0.102. The summed E-state index contributed by atoms with van der Waals surface area (Å²) in [7, 11) is 0. The highest BCUT2D eigenvalue weighted by atomic mass is 35.5. The molecule has 1 aromatic heterocycles. The van der Waals surface area contributed by atoms with Crippen molar-refractivity contribution in [3.8, 4) is 0 Å². The van der Waals surface area contributed by atoms with Crippen molar-refractivity contribution in [1.82, 2.24) is 9.97 Å². The number of rotatable bonds is 5. The minimum atomic E-state index is -0.384. The molecule has 0 saturated carbocycles. The van der Waals surface area contributed by atoms with Crippen molar-refractivity contribution in [2.45, 2.75) is 6.92 Å². The van der Waals surface area contributed by atoms with Crippen LogP contribution in [0.5, 0.6) is 0 Å². The molecule has 2 aromatic carbocycles. The summed E-state index contributed by atoms with van der Waals surface area (Å²) in [4.78, 5) is 23.0. The number of carbonyl (C=O) groups excluding carboxylic acids is 1. The molecule has 5 nitrogen and oxygen atoms in total. The molecule has 1 amide bonds. The number of aromatic nitrogens is 2. The van der Waals surface area contributed by atoms with Crippen LogP contribution in [0.15, 0.2) is 60.9 Å². The van der Waals surface area contributed by atoms with Crippen molar-refractivity contribution in [3.05, 3.63) is 76.7 Å². The van der Waals surface area contributed by atoms with Crippen molar-refractivity contribution in [1.29, 1.82) is 0 Å². The van der Waals surface area contributed by atoms with E-state index in [1.54, 1.807) is 24.4 Å². The van der Waals surface area contributed by atoms with Gasteiger partial charge in [-0.1, -0.05) is 41.4 Å². The number of benzene rings is 2. The number of hydrogen-bond donors (Lipinski definition) is 1. The zero-order valence-corrected chi connectivity index (χ0v) is 15.5. The van der Waals surface area contributed by atoms with Gasteiger partial charge in [-0.3, -0.25) is 4.79 Å². The lowest BCUT2D eigenvalue weighted by Gasteiger charge is -2.21. The van der Waals surface area contributed by atoms with Crippen LogP contribution in [0.4, 0.5) is 17.2 Å². The normalized spacial score (nSPS) is 10.4. The minimum absolute atomic E-state index is 0.203. The van der Waals surface area contributed by atoms with Crippen LogP contribution in [0.3, 0.4) is 0 Å². The van der Waals surface area contributed by atoms with Gasteiger partial charge in [-0.05, 0) is 37.3 Å². The molecule has 0 atom stereocenters. The van der Waals surface area contributed by atoms with Gasteiger partial charge in [0.05, 0.1) is 12.4 Å². The quantitative estimate of drug-likeness (QED) is 0.654. The van der Waals surface area contributed by atoms with Crippen LogP contribution in [0.25, 0.3) is 0 Å². The fourth-order valence-corrected chi connectivity index (χ4v) is 3.01. The summed E-state index contributed by atoms with van der Waals surface area (Å²) in [5.41, 5.74) is 1.71. The molecule has 1 N–H and O–H groups in total. The average Bonchev–Trinajstić information content (AvgIpc) is 2.63. The number of anilines is 3. The third-order valence-corrected chi connectivity index (χ3v) is 4.09. The van der Waals surface area contributed by atoms with Gasteiger partial charge in [-0.25, -0.2) is 9.97 Å². The molecule has 7 heteroatoms. The predicted octanol–water partition coefficient (Wildman–Crippen LogP) is 5.19. The maximum absolute atomic E-state index is 12.3. The van der Waals surface area contributed by atoms with Crippen molar-refractivity contribution in [3.63, 3.8) is 0 Å². The second kappa shape index (κ2) is 8.17. The zero-order valence-electron chi connectivity index (χ0n) is 14.0. The van der Waals surface area contributed by atoms with Gasteiger partial charge in [0.15, 0.2) is 5.82 Å². The summed E-state index contributed by atoms with van der Waals surface area (Å²) >= 11 is 11.9. The fraction of sp³-hybridized carbons (Fsp3) is 0.105. The van der Waals surface area contributed by atoms with E-state index in [0.717, 1.165) is 12.2 Å². The van der Waals surface area contributed by atoms with E-state index >= 15 is 0 Å². The van der Waals surface area contributed by atoms with Crippen LogP contribution in [0.2, 0.25) is 10.0 Å². The van der Waals surface area contributed by atoms with Crippen molar-refractivity contribution in [2.24, 2.45) is 0 Å². The number of halogens is 2. The van der Waals surface area contributed by atoms with Gasteiger partial charge in [0.2, 0.25) is 0 Å². The van der Waals surface area contributed by atoms with E-state index in [-0.39, 0.29) is 11.6 Å². The highest BCUT2D eigenvalue weighted by Crippen LogP contribution is 2.24. The van der Waals surface area contributed by atoms with E-state index in [9.17, 15) is 4.79 Å². The highest BCUT2D eigenvalue weighted by molar-refractivity contribution is 6.35. The van der Waals surface area contributed by atoms with E-state index in [1.807, 2.05) is 42.2 Å². The molecule has 132 valence electrons. The van der Waals surface area contributed by atoms with Crippen LogP contribution in [0.1, 0.15) is 17.4 Å². The van der Waals surface area contributed by atoms with Crippen molar-refractivity contribution < 1.29 is 4.79 Å². The molecule has 26 heavy (non-hydrogen) atoms. The Kier molecular flexibility index (Phi) is 5.71. The van der Waals surface area contributed by atoms with Crippen LogP contribution >= 0.6 is 23.2 Å². The van der Waals surface area contributed by atoms with E-state index in [2.05, 4.69) is 15.3 Å². The topological polar surface area (TPSA) is 58.1 Å². The molecule has 1 heterocycles. The molecule has 0 spiro atoms. The third kappa shape index (κ3) is 4.31. The second-order valence-electron chi connectivity index (χ2n) is 5.45. The van der Waals surface area contributed by atoms with Gasteiger partial charge >= 0.3 is 0 Å². The molecule has 3 aromatic rings. The Labute approximate surface area is 161 Å². The maximum atomic E-state index is 12.3. The highest BCUT2D eigenvalue weighted by Gasteiger charge is 2.13. The van der Waals surface area contributed by atoms with Crippen LogP contribution in [-0.2, 0) is 0 Å². The molecule has 3 rings (SSSR count). The molecule has 0 aliphatic rings. The Hall–Kier alpha value is -2.63. The first-order valence-corrected chi connectivity index (χ1v) is 8.74. The van der Waals surface area contributed by atoms with Gasteiger partial charge in [-0.2, -0.15) is 0 Å². The Morgan fingerprint density at radius 1 is 1.04 bits per heavy atom. The number of amides is 1. The summed E-state index contributed by atoms with van der Waals surface area (Å²) in [5, 5.41) is 3.59. The van der Waals surface area contributed by atoms with Crippen LogP contribution in [0, 0.1) is 0 Å². The van der Waals surface area contributed by atoms with Gasteiger partial charge in [-0.15, -0.1) is 0 Å². The zero-order chi connectivity index (χ0) is 18.5. The van der Waals surface area contributed by atoms with E-state index in [4.69, 9.17) is 23.2 Å². The monoisotopic (exact) mass is 386 g/mol. The molecule has 0 saturated heterocycles. The van der Waals surface area contributed by atoms with Gasteiger partial charge in [0.25, 0.3) is 5.91 Å². The van der Waals surface area contributed by atoms with Crippen LogP contribution in [-0.4, -0.2) is 22.4 Å². The Morgan fingerprint density at radius 2 is 1.73 bits per heavy atom. The second-order valence-corrected chi connectivity index (χ2v) is 6.32. The molecule has 0 radical (unpaired) electrons. The smallest absolute Gasteiger partial charge is 0.275 e. The molecule has 0 aliphatic heterocycles. The molecular weight excluding hydrogens is 371 g/mol. The number of para-hydroxylation sites is 1. The van der Waals surface area contributed by atoms with Gasteiger partial charge in [0, 0.05) is 28.0 Å². The summed E-state index contributed by atoms with van der Waals surface area (Å²) in [6.45, 7) is 2.75. The number of carbonyl (C=O) groups is 1. The summed E-state index contributed by atoms with van der Waals surface area (Å²) in [5.74, 6) is 0.284. The third-order valence-electron chi connectivity index (χ3n) is 3.65. The first-order valence-electron chi connectivity index (χ1n) is 7.99. The Morgan fingerprint density at radius 3 is 2.31 bits per heavy atom. The summed E-state index contributed by atoms with van der Waals surface area (Å²) in [6.07, 6.45) is 3.03. The first kappa shape index (κ1) is 18.2. The minimum Gasteiger partial charge on any atom is -0.325 e. The average molecular weight is 387 g/mol. The van der Waals surface area contributed by atoms with E-state index < -0.39 is 0 Å². The van der Waals surface area contributed by atoms with Crippen molar-refractivity contribution >= 4 is 46.3 Å². The standard InChI is InChI=1S/C19H16Cl2N4O/c1-2-25(16-6-4-3-5-7-16)18-12-22-17(11-23-18)19(26)24-15-9-13(20)8-14(21)10-15/h3-12H,2H2,1H3,(H,24,26). The summed E-state index contributed by atoms with van der Waals surface area (Å²) < 4.78 is 0. The predicted molar refractivity (Wildman–Crippen MR) is 106 cm³/mol. The first-order chi connectivity index (χ1) is 12.6. The largest absolute Gasteiger partial charge is 0.325 e. The summed E-state index contributed by atoms with van der Waals surface area (Å²) in [6, 6.07) is 14.7. The number of hydrogen-bond acceptors (Lipinski definition) is 4. The Bertz CT molecular complexity index is 881. The maximum Gasteiger partial charge on any atom is 0.275 e. The van der Waals surface area contributed by atoms with Crippen molar-refractivity contribution in [2.75, 3.05) is 16.8 Å². The molecular formula is C19H16Cl2N4O. The lowest BCUT2D eigenvalue weighted by Crippen LogP contribution is -2.19. The number of nitrogens with one attached hydrogen (secondary N) is 1. The van der Waals surface area contributed by atoms with E-state index in [0.29, 0.717) is 21.6 Å². The molecule has 0 fully saturated rings.